The standard InChI is InChI=1S/C15H21NO4/c1-11(15(18)19)10-16(3)8-9-20-14-7-5-4-6-13(14)12(2)17/h4-7,11H,8-10H2,1-3H3,(H,18,19). The number of carbonyl (C=O) groups excluding carboxylic acids is 1. The first-order valence-corrected chi connectivity index (χ1v) is 6.56. The zero-order valence-electron chi connectivity index (χ0n) is 12.1. The lowest BCUT2D eigenvalue weighted by molar-refractivity contribution is -0.141. The molecule has 0 aliphatic rings. The molecule has 1 rings (SSSR count). The molecular formula is C15H21NO4. The molecule has 0 spiro atoms. The molecule has 5 nitrogen and oxygen atoms in total. The number of carboxylic acids is 1. The van der Waals surface area contributed by atoms with Crippen LogP contribution in [0.5, 0.6) is 5.75 Å². The fraction of sp³-hybridized carbons (Fsp3) is 0.467. The Kier molecular flexibility index (Phi) is 6.18. The first-order chi connectivity index (χ1) is 9.41. The first-order valence-electron chi connectivity index (χ1n) is 6.56. The Morgan fingerprint density at radius 2 is 2.00 bits per heavy atom. The van der Waals surface area contributed by atoms with Crippen LogP contribution in [0.4, 0.5) is 0 Å². The summed E-state index contributed by atoms with van der Waals surface area (Å²) in [5.74, 6) is -0.683. The van der Waals surface area contributed by atoms with E-state index in [1.807, 2.05) is 18.0 Å². The summed E-state index contributed by atoms with van der Waals surface area (Å²) in [6, 6.07) is 7.10. The number of Topliss-reactive ketones (excluding diaryl/α,β-unsaturated/α-hetero) is 1. The average molecular weight is 279 g/mol. The Bertz CT molecular complexity index is 473. The van der Waals surface area contributed by atoms with Crippen LogP contribution < -0.4 is 4.74 Å². The Balaban J connectivity index is 2.45. The minimum atomic E-state index is -0.806. The number of likely N-dealkylation sites (N-methyl/N-ethyl adjacent to an activating group) is 1. The third kappa shape index (κ3) is 5.01. The monoisotopic (exact) mass is 279 g/mol. The van der Waals surface area contributed by atoms with E-state index in [9.17, 15) is 9.59 Å². The van der Waals surface area contributed by atoms with Crippen molar-refractivity contribution in [1.29, 1.82) is 0 Å². The Hall–Kier alpha value is -1.88. The topological polar surface area (TPSA) is 66.8 Å². The molecular weight excluding hydrogens is 258 g/mol. The van der Waals surface area contributed by atoms with E-state index in [1.54, 1.807) is 25.1 Å². The highest BCUT2D eigenvalue weighted by Crippen LogP contribution is 2.18. The number of aliphatic carboxylic acids is 1. The van der Waals surface area contributed by atoms with E-state index >= 15 is 0 Å². The lowest BCUT2D eigenvalue weighted by atomic mass is 10.1. The third-order valence-corrected chi connectivity index (χ3v) is 3.00. The van der Waals surface area contributed by atoms with Gasteiger partial charge in [-0.3, -0.25) is 9.59 Å². The van der Waals surface area contributed by atoms with Gasteiger partial charge in [0.15, 0.2) is 5.78 Å². The molecule has 0 saturated carbocycles. The molecule has 0 saturated heterocycles. The number of ketones is 1. The highest BCUT2D eigenvalue weighted by molar-refractivity contribution is 5.96. The number of hydrogen-bond donors (Lipinski definition) is 1. The van der Waals surface area contributed by atoms with Crippen LogP contribution in [0.2, 0.25) is 0 Å². The highest BCUT2D eigenvalue weighted by atomic mass is 16.5. The van der Waals surface area contributed by atoms with Gasteiger partial charge in [0.25, 0.3) is 0 Å². The predicted molar refractivity (Wildman–Crippen MR) is 76.2 cm³/mol. The zero-order valence-corrected chi connectivity index (χ0v) is 12.1. The molecule has 1 N–H and O–H groups in total. The van der Waals surface area contributed by atoms with E-state index in [0.717, 1.165) is 0 Å². The maximum Gasteiger partial charge on any atom is 0.307 e. The number of nitrogens with zero attached hydrogens (tertiary/aromatic N) is 1. The quantitative estimate of drug-likeness (QED) is 0.736. The van der Waals surface area contributed by atoms with Gasteiger partial charge in [0.1, 0.15) is 12.4 Å². The van der Waals surface area contributed by atoms with Gasteiger partial charge in [-0.1, -0.05) is 19.1 Å². The minimum absolute atomic E-state index is 0.0338. The van der Waals surface area contributed by atoms with Gasteiger partial charge < -0.3 is 14.7 Å². The second-order valence-electron chi connectivity index (χ2n) is 4.90. The molecule has 0 bridgehead atoms. The Morgan fingerprint density at radius 1 is 1.35 bits per heavy atom. The Morgan fingerprint density at radius 3 is 2.60 bits per heavy atom. The highest BCUT2D eigenvalue weighted by Gasteiger charge is 2.13. The van der Waals surface area contributed by atoms with Crippen LogP contribution in [-0.4, -0.2) is 48.5 Å². The first kappa shape index (κ1) is 16.2. The van der Waals surface area contributed by atoms with E-state index in [0.29, 0.717) is 31.0 Å². The van der Waals surface area contributed by atoms with E-state index in [2.05, 4.69) is 0 Å². The molecule has 0 radical (unpaired) electrons. The van der Waals surface area contributed by atoms with E-state index < -0.39 is 11.9 Å². The van der Waals surface area contributed by atoms with Crippen LogP contribution in [0.3, 0.4) is 0 Å². The van der Waals surface area contributed by atoms with Gasteiger partial charge in [0.05, 0.1) is 11.5 Å². The van der Waals surface area contributed by atoms with E-state index in [1.165, 1.54) is 6.92 Å². The fourth-order valence-corrected chi connectivity index (χ4v) is 1.83. The average Bonchev–Trinajstić information content (AvgIpc) is 2.38. The van der Waals surface area contributed by atoms with Gasteiger partial charge in [0, 0.05) is 13.1 Å². The largest absolute Gasteiger partial charge is 0.491 e. The predicted octanol–water partition coefficient (Wildman–Crippen LogP) is 1.92. The lowest BCUT2D eigenvalue weighted by Gasteiger charge is -2.19. The summed E-state index contributed by atoms with van der Waals surface area (Å²) in [5, 5.41) is 8.84. The summed E-state index contributed by atoms with van der Waals surface area (Å²) >= 11 is 0. The zero-order chi connectivity index (χ0) is 15.1. The van der Waals surface area contributed by atoms with Crippen LogP contribution in [0.25, 0.3) is 0 Å². The maximum atomic E-state index is 11.4. The van der Waals surface area contributed by atoms with Crippen molar-refractivity contribution < 1.29 is 19.4 Å². The van der Waals surface area contributed by atoms with Crippen LogP contribution in [-0.2, 0) is 4.79 Å². The second kappa shape index (κ2) is 7.65. The summed E-state index contributed by atoms with van der Waals surface area (Å²) in [5.41, 5.74) is 0.564. The normalized spacial score (nSPS) is 12.2. The van der Waals surface area contributed by atoms with Crippen LogP contribution >= 0.6 is 0 Å². The van der Waals surface area contributed by atoms with Crippen molar-refractivity contribution in [3.63, 3.8) is 0 Å². The summed E-state index contributed by atoms with van der Waals surface area (Å²) in [4.78, 5) is 24.1. The fourth-order valence-electron chi connectivity index (χ4n) is 1.83. The summed E-state index contributed by atoms with van der Waals surface area (Å²) < 4.78 is 5.60. The third-order valence-electron chi connectivity index (χ3n) is 3.00. The van der Waals surface area contributed by atoms with Crippen molar-refractivity contribution >= 4 is 11.8 Å². The van der Waals surface area contributed by atoms with Gasteiger partial charge in [-0.05, 0) is 26.1 Å². The number of para-hydroxylation sites is 1. The molecule has 0 heterocycles. The number of rotatable bonds is 8. The number of carbonyl (C=O) groups is 2. The van der Waals surface area contributed by atoms with Gasteiger partial charge in [-0.2, -0.15) is 0 Å². The van der Waals surface area contributed by atoms with Crippen molar-refractivity contribution in [2.24, 2.45) is 5.92 Å². The van der Waals surface area contributed by atoms with Gasteiger partial charge in [-0.15, -0.1) is 0 Å². The number of benzene rings is 1. The lowest BCUT2D eigenvalue weighted by Crippen LogP contribution is -2.31. The molecule has 5 heteroatoms. The van der Waals surface area contributed by atoms with Crippen molar-refractivity contribution in [2.45, 2.75) is 13.8 Å². The molecule has 0 fully saturated rings. The maximum absolute atomic E-state index is 11.4. The Labute approximate surface area is 119 Å². The molecule has 1 atom stereocenters. The molecule has 0 aliphatic carbocycles. The number of ether oxygens (including phenoxy) is 1. The molecule has 1 aromatic carbocycles. The minimum Gasteiger partial charge on any atom is -0.491 e. The molecule has 1 aromatic rings. The molecule has 0 aliphatic heterocycles. The van der Waals surface area contributed by atoms with Crippen molar-refractivity contribution in [1.82, 2.24) is 4.90 Å². The van der Waals surface area contributed by atoms with Gasteiger partial charge >= 0.3 is 5.97 Å². The van der Waals surface area contributed by atoms with Crippen molar-refractivity contribution in [3.8, 4) is 5.75 Å². The van der Waals surface area contributed by atoms with Gasteiger partial charge in [0.2, 0.25) is 0 Å². The van der Waals surface area contributed by atoms with Crippen molar-refractivity contribution in [2.75, 3.05) is 26.7 Å². The smallest absolute Gasteiger partial charge is 0.307 e. The van der Waals surface area contributed by atoms with E-state index in [-0.39, 0.29) is 5.78 Å². The number of hydrogen-bond acceptors (Lipinski definition) is 4. The van der Waals surface area contributed by atoms with Gasteiger partial charge in [-0.25, -0.2) is 0 Å². The second-order valence-corrected chi connectivity index (χ2v) is 4.90. The molecule has 110 valence electrons. The summed E-state index contributed by atoms with van der Waals surface area (Å²) in [6.45, 7) is 4.65. The summed E-state index contributed by atoms with van der Waals surface area (Å²) in [6.07, 6.45) is 0. The van der Waals surface area contributed by atoms with Crippen LogP contribution in [0.15, 0.2) is 24.3 Å². The summed E-state index contributed by atoms with van der Waals surface area (Å²) in [7, 11) is 1.85. The molecule has 0 amide bonds. The molecule has 0 aromatic heterocycles. The van der Waals surface area contributed by atoms with Crippen molar-refractivity contribution in [3.05, 3.63) is 29.8 Å². The number of carboxylic acid groups (broad SMARTS) is 1. The van der Waals surface area contributed by atoms with E-state index in [4.69, 9.17) is 9.84 Å². The molecule has 1 unspecified atom stereocenters. The molecule has 20 heavy (non-hydrogen) atoms. The van der Waals surface area contributed by atoms with Crippen LogP contribution in [0.1, 0.15) is 24.2 Å². The van der Waals surface area contributed by atoms with Crippen LogP contribution in [0, 0.1) is 5.92 Å². The SMILES string of the molecule is CC(=O)c1ccccc1OCCN(C)CC(C)C(=O)O.